The lowest BCUT2D eigenvalue weighted by Crippen LogP contribution is -2.31. The van der Waals surface area contributed by atoms with Crippen LogP contribution in [0.1, 0.15) is 46.0 Å². The molecule has 0 spiro atoms. The number of hydrogen-bond donors (Lipinski definition) is 1. The number of likely N-dealkylation sites (tertiary alicyclic amines) is 1. The third-order valence-electron chi connectivity index (χ3n) is 4.25. The number of nitrogens with one attached hydrogen (secondary N) is 1. The van der Waals surface area contributed by atoms with E-state index in [0.717, 1.165) is 19.1 Å². The lowest BCUT2D eigenvalue weighted by atomic mass is 10.1. The van der Waals surface area contributed by atoms with Crippen molar-refractivity contribution in [2.45, 2.75) is 58.1 Å². The smallest absolute Gasteiger partial charge is 0.0597 e. The Hall–Kier alpha value is -0.120. The number of rotatable bonds is 7. The van der Waals surface area contributed by atoms with Gasteiger partial charge < -0.3 is 15.0 Å². The molecule has 3 nitrogen and oxygen atoms in total. The third kappa shape index (κ3) is 4.87. The average molecular weight is 254 g/mol. The summed E-state index contributed by atoms with van der Waals surface area (Å²) in [5.41, 5.74) is 0. The molecular weight excluding hydrogens is 224 g/mol. The second kappa shape index (κ2) is 7.46. The van der Waals surface area contributed by atoms with Crippen LogP contribution in [0.15, 0.2) is 0 Å². The van der Waals surface area contributed by atoms with Gasteiger partial charge in [0.25, 0.3) is 0 Å². The van der Waals surface area contributed by atoms with Gasteiger partial charge in [0.1, 0.15) is 0 Å². The highest BCUT2D eigenvalue weighted by Gasteiger charge is 2.22. The van der Waals surface area contributed by atoms with Crippen molar-refractivity contribution in [3.63, 3.8) is 0 Å². The first-order valence-electron chi connectivity index (χ1n) is 7.81. The molecule has 1 aliphatic heterocycles. The van der Waals surface area contributed by atoms with E-state index in [0.29, 0.717) is 12.1 Å². The molecule has 2 aliphatic rings. The Morgan fingerprint density at radius 2 is 2.00 bits per heavy atom. The molecule has 1 N–H and O–H groups in total. The van der Waals surface area contributed by atoms with Crippen LogP contribution in [0, 0.1) is 5.92 Å². The van der Waals surface area contributed by atoms with Crippen molar-refractivity contribution in [1.29, 1.82) is 0 Å². The molecule has 1 unspecified atom stereocenters. The van der Waals surface area contributed by atoms with Crippen molar-refractivity contribution >= 4 is 0 Å². The molecule has 1 saturated carbocycles. The highest BCUT2D eigenvalue weighted by atomic mass is 16.5. The maximum absolute atomic E-state index is 5.94. The number of ether oxygens (including phenoxy) is 1. The van der Waals surface area contributed by atoms with Gasteiger partial charge in [-0.25, -0.2) is 0 Å². The van der Waals surface area contributed by atoms with E-state index in [1.807, 2.05) is 0 Å². The summed E-state index contributed by atoms with van der Waals surface area (Å²) in [6.07, 6.45) is 7.26. The zero-order valence-corrected chi connectivity index (χ0v) is 12.2. The fourth-order valence-electron chi connectivity index (χ4n) is 3.09. The fraction of sp³-hybridized carbons (Fsp3) is 1.00. The summed E-state index contributed by atoms with van der Waals surface area (Å²) in [4.78, 5) is 2.57. The van der Waals surface area contributed by atoms with Crippen molar-refractivity contribution in [2.24, 2.45) is 5.92 Å². The van der Waals surface area contributed by atoms with Gasteiger partial charge in [-0.1, -0.05) is 26.7 Å². The highest BCUT2D eigenvalue weighted by Crippen LogP contribution is 2.21. The molecule has 0 aromatic heterocycles. The van der Waals surface area contributed by atoms with Gasteiger partial charge in [-0.2, -0.15) is 0 Å². The number of nitrogens with zero attached hydrogens (tertiary/aromatic N) is 1. The zero-order chi connectivity index (χ0) is 12.8. The van der Waals surface area contributed by atoms with Crippen molar-refractivity contribution < 1.29 is 4.74 Å². The van der Waals surface area contributed by atoms with E-state index in [1.54, 1.807) is 0 Å². The zero-order valence-electron chi connectivity index (χ0n) is 12.2. The summed E-state index contributed by atoms with van der Waals surface area (Å²) in [7, 11) is 0. The Morgan fingerprint density at radius 1 is 1.22 bits per heavy atom. The summed E-state index contributed by atoms with van der Waals surface area (Å²) in [6.45, 7) is 10.2. The predicted molar refractivity (Wildman–Crippen MR) is 75.9 cm³/mol. The van der Waals surface area contributed by atoms with Gasteiger partial charge in [-0.15, -0.1) is 0 Å². The third-order valence-corrected chi connectivity index (χ3v) is 4.25. The first-order chi connectivity index (χ1) is 8.74. The van der Waals surface area contributed by atoms with Crippen LogP contribution >= 0.6 is 0 Å². The summed E-state index contributed by atoms with van der Waals surface area (Å²) >= 11 is 0. The van der Waals surface area contributed by atoms with Crippen LogP contribution < -0.4 is 5.32 Å². The van der Waals surface area contributed by atoms with Crippen LogP contribution in [0.3, 0.4) is 0 Å². The van der Waals surface area contributed by atoms with E-state index in [-0.39, 0.29) is 0 Å². The van der Waals surface area contributed by atoms with Gasteiger partial charge in [0.15, 0.2) is 0 Å². The highest BCUT2D eigenvalue weighted by molar-refractivity contribution is 4.77. The molecule has 2 rings (SSSR count). The summed E-state index contributed by atoms with van der Waals surface area (Å²) in [6, 6.07) is 0.616. The molecule has 0 amide bonds. The summed E-state index contributed by atoms with van der Waals surface area (Å²) in [5, 5.41) is 3.55. The lowest BCUT2D eigenvalue weighted by Gasteiger charge is -2.18. The van der Waals surface area contributed by atoms with Crippen LogP contribution in [0.25, 0.3) is 0 Å². The minimum Gasteiger partial charge on any atom is -0.377 e. The first kappa shape index (κ1) is 14.3. The Kier molecular flexibility index (Phi) is 5.93. The number of hydrogen-bond acceptors (Lipinski definition) is 3. The van der Waals surface area contributed by atoms with Crippen molar-refractivity contribution in [3.8, 4) is 0 Å². The largest absolute Gasteiger partial charge is 0.377 e. The molecule has 1 heterocycles. The molecule has 1 saturated heterocycles. The Morgan fingerprint density at radius 3 is 2.72 bits per heavy atom. The maximum Gasteiger partial charge on any atom is 0.0597 e. The van der Waals surface area contributed by atoms with E-state index < -0.39 is 0 Å². The second-order valence-electron chi connectivity index (χ2n) is 6.30. The van der Waals surface area contributed by atoms with E-state index in [4.69, 9.17) is 4.74 Å². The maximum atomic E-state index is 5.94. The topological polar surface area (TPSA) is 24.5 Å². The summed E-state index contributed by atoms with van der Waals surface area (Å²) in [5.74, 6) is 0.846. The van der Waals surface area contributed by atoms with Gasteiger partial charge in [0.05, 0.1) is 12.7 Å². The Labute approximate surface area is 112 Å². The van der Waals surface area contributed by atoms with Crippen LogP contribution in [-0.4, -0.2) is 49.8 Å². The van der Waals surface area contributed by atoms with Gasteiger partial charge in [0, 0.05) is 19.1 Å². The van der Waals surface area contributed by atoms with Gasteiger partial charge in [0.2, 0.25) is 0 Å². The molecule has 0 aromatic carbocycles. The Balaban J connectivity index is 1.52. The van der Waals surface area contributed by atoms with E-state index in [1.165, 1.54) is 51.7 Å². The fourth-order valence-corrected chi connectivity index (χ4v) is 3.09. The average Bonchev–Trinajstić information content (AvgIpc) is 2.97. The van der Waals surface area contributed by atoms with Crippen LogP contribution in [-0.2, 0) is 4.74 Å². The molecule has 106 valence electrons. The van der Waals surface area contributed by atoms with Crippen molar-refractivity contribution in [2.75, 3.05) is 32.8 Å². The molecule has 1 aliphatic carbocycles. The molecule has 0 radical (unpaired) electrons. The quantitative estimate of drug-likeness (QED) is 0.754. The molecule has 2 fully saturated rings. The monoisotopic (exact) mass is 254 g/mol. The normalized spacial score (nSPS) is 26.5. The minimum atomic E-state index is 0.575. The van der Waals surface area contributed by atoms with E-state index in [2.05, 4.69) is 24.1 Å². The molecule has 0 bridgehead atoms. The van der Waals surface area contributed by atoms with Gasteiger partial charge >= 0.3 is 0 Å². The van der Waals surface area contributed by atoms with E-state index >= 15 is 0 Å². The van der Waals surface area contributed by atoms with Crippen molar-refractivity contribution in [1.82, 2.24) is 10.2 Å². The first-order valence-corrected chi connectivity index (χ1v) is 7.81. The Bertz CT molecular complexity index is 227. The molecule has 0 aromatic rings. The lowest BCUT2D eigenvalue weighted by molar-refractivity contribution is 0.0450. The van der Waals surface area contributed by atoms with Crippen LogP contribution in [0.2, 0.25) is 0 Å². The standard InChI is InChI=1S/C15H30N2O/c1-13(2)16-11-14-7-8-17(12-14)9-10-18-15-5-3-4-6-15/h13-16H,3-12H2,1-2H3. The van der Waals surface area contributed by atoms with E-state index in [9.17, 15) is 0 Å². The van der Waals surface area contributed by atoms with Crippen molar-refractivity contribution in [3.05, 3.63) is 0 Å². The second-order valence-corrected chi connectivity index (χ2v) is 6.30. The SMILES string of the molecule is CC(C)NCC1CCN(CCOC2CCCC2)C1. The van der Waals surface area contributed by atoms with Crippen LogP contribution in [0.4, 0.5) is 0 Å². The molecular formula is C15H30N2O. The molecule has 3 heteroatoms. The summed E-state index contributed by atoms with van der Waals surface area (Å²) < 4.78 is 5.94. The van der Waals surface area contributed by atoms with Gasteiger partial charge in [-0.3, -0.25) is 0 Å². The van der Waals surface area contributed by atoms with Crippen LogP contribution in [0.5, 0.6) is 0 Å². The molecule has 18 heavy (non-hydrogen) atoms. The minimum absolute atomic E-state index is 0.575. The van der Waals surface area contributed by atoms with Gasteiger partial charge in [-0.05, 0) is 38.3 Å². The predicted octanol–water partition coefficient (Wildman–Crippen LogP) is 2.27. The molecule has 1 atom stereocenters.